The monoisotopic (exact) mass is 353 g/mol. The van der Waals surface area contributed by atoms with Crippen molar-refractivity contribution in [1.82, 2.24) is 24.8 Å². The van der Waals surface area contributed by atoms with Crippen LogP contribution in [0.3, 0.4) is 0 Å². The number of hydrogen-bond donors (Lipinski definition) is 0. The van der Waals surface area contributed by atoms with Crippen LogP contribution in [-0.4, -0.2) is 50.3 Å². The van der Waals surface area contributed by atoms with Gasteiger partial charge in [0.15, 0.2) is 0 Å². The van der Waals surface area contributed by atoms with E-state index in [1.54, 1.807) is 0 Å². The zero-order valence-electron chi connectivity index (χ0n) is 15.5. The number of rotatable bonds is 5. The summed E-state index contributed by atoms with van der Waals surface area (Å²) in [6.45, 7) is 7.66. The standard InChI is InChI=1S/C20H27N5O/c1-16-6-2-3-7-17(16)14-23-12-13-25-19(15-23)18(21-22-25)8-9-20(26)24-10-4-5-11-24/h2-3,6-7H,4-5,8-15H2,1H3. The molecule has 0 spiro atoms. The van der Waals surface area contributed by atoms with Crippen LogP contribution in [-0.2, 0) is 30.8 Å². The van der Waals surface area contributed by atoms with Gasteiger partial charge < -0.3 is 4.90 Å². The highest BCUT2D eigenvalue weighted by atomic mass is 16.2. The Hall–Kier alpha value is -2.21. The normalized spacial score (nSPS) is 17.5. The van der Waals surface area contributed by atoms with Crippen molar-refractivity contribution in [2.75, 3.05) is 19.6 Å². The molecular weight excluding hydrogens is 326 g/mol. The van der Waals surface area contributed by atoms with Gasteiger partial charge in [0.1, 0.15) is 0 Å². The van der Waals surface area contributed by atoms with E-state index in [0.717, 1.165) is 57.8 Å². The van der Waals surface area contributed by atoms with Crippen molar-refractivity contribution in [3.8, 4) is 0 Å². The second-order valence-electron chi connectivity index (χ2n) is 7.43. The lowest BCUT2D eigenvalue weighted by Gasteiger charge is -2.28. The second-order valence-corrected chi connectivity index (χ2v) is 7.43. The highest BCUT2D eigenvalue weighted by molar-refractivity contribution is 5.76. The van der Waals surface area contributed by atoms with Gasteiger partial charge in [-0.25, -0.2) is 4.68 Å². The summed E-state index contributed by atoms with van der Waals surface area (Å²) in [6.07, 6.45) is 3.52. The number of hydrogen-bond acceptors (Lipinski definition) is 4. The van der Waals surface area contributed by atoms with Crippen LogP contribution in [0.4, 0.5) is 0 Å². The minimum absolute atomic E-state index is 0.261. The lowest BCUT2D eigenvalue weighted by atomic mass is 10.1. The molecule has 0 radical (unpaired) electrons. The Morgan fingerprint density at radius 2 is 1.92 bits per heavy atom. The molecule has 1 fully saturated rings. The Balaban J connectivity index is 1.39. The van der Waals surface area contributed by atoms with Gasteiger partial charge >= 0.3 is 0 Å². The summed E-state index contributed by atoms with van der Waals surface area (Å²) >= 11 is 0. The molecule has 0 aliphatic carbocycles. The molecule has 1 aromatic carbocycles. The molecule has 1 amide bonds. The van der Waals surface area contributed by atoms with Gasteiger partial charge in [-0.2, -0.15) is 0 Å². The van der Waals surface area contributed by atoms with E-state index in [0.29, 0.717) is 12.8 Å². The molecule has 2 aromatic rings. The predicted octanol–water partition coefficient (Wildman–Crippen LogP) is 2.16. The molecule has 0 bridgehead atoms. The molecular formula is C20H27N5O. The van der Waals surface area contributed by atoms with Gasteiger partial charge in [0.05, 0.1) is 17.9 Å². The first-order valence-corrected chi connectivity index (χ1v) is 9.66. The number of amides is 1. The van der Waals surface area contributed by atoms with Gasteiger partial charge in [0.25, 0.3) is 0 Å². The minimum Gasteiger partial charge on any atom is -0.343 e. The second kappa shape index (κ2) is 7.58. The van der Waals surface area contributed by atoms with Gasteiger partial charge in [-0.15, -0.1) is 5.10 Å². The summed E-state index contributed by atoms with van der Waals surface area (Å²) in [5.74, 6) is 0.261. The van der Waals surface area contributed by atoms with Crippen molar-refractivity contribution in [1.29, 1.82) is 0 Å². The van der Waals surface area contributed by atoms with Crippen LogP contribution in [0.5, 0.6) is 0 Å². The molecule has 0 N–H and O–H groups in total. The first-order valence-electron chi connectivity index (χ1n) is 9.66. The number of carbonyl (C=O) groups is 1. The average molecular weight is 353 g/mol. The Morgan fingerprint density at radius 1 is 1.12 bits per heavy atom. The van der Waals surface area contributed by atoms with Crippen molar-refractivity contribution >= 4 is 5.91 Å². The lowest BCUT2D eigenvalue weighted by Crippen LogP contribution is -2.34. The third-order valence-electron chi connectivity index (χ3n) is 5.61. The molecule has 138 valence electrons. The molecule has 2 aliphatic heterocycles. The number of aryl methyl sites for hydroxylation is 2. The first kappa shape index (κ1) is 17.2. The predicted molar refractivity (Wildman–Crippen MR) is 99.5 cm³/mol. The van der Waals surface area contributed by atoms with Crippen LogP contribution >= 0.6 is 0 Å². The van der Waals surface area contributed by atoms with Crippen LogP contribution in [0.2, 0.25) is 0 Å². The maximum atomic E-state index is 12.3. The minimum atomic E-state index is 0.261. The largest absolute Gasteiger partial charge is 0.343 e. The summed E-state index contributed by atoms with van der Waals surface area (Å²) in [6, 6.07) is 8.56. The van der Waals surface area contributed by atoms with Crippen LogP contribution in [0.1, 0.15) is 41.8 Å². The molecule has 1 aromatic heterocycles. The van der Waals surface area contributed by atoms with Crippen molar-refractivity contribution in [2.24, 2.45) is 0 Å². The fraction of sp³-hybridized carbons (Fsp3) is 0.550. The highest BCUT2D eigenvalue weighted by Crippen LogP contribution is 2.20. The van der Waals surface area contributed by atoms with E-state index in [2.05, 4.69) is 46.4 Å². The molecule has 3 heterocycles. The van der Waals surface area contributed by atoms with Gasteiger partial charge in [0, 0.05) is 45.6 Å². The lowest BCUT2D eigenvalue weighted by molar-refractivity contribution is -0.130. The molecule has 0 unspecified atom stereocenters. The summed E-state index contributed by atoms with van der Waals surface area (Å²) in [7, 11) is 0. The highest BCUT2D eigenvalue weighted by Gasteiger charge is 2.23. The van der Waals surface area contributed by atoms with E-state index < -0.39 is 0 Å². The molecule has 0 atom stereocenters. The maximum absolute atomic E-state index is 12.3. The summed E-state index contributed by atoms with van der Waals surface area (Å²) in [5.41, 5.74) is 4.88. The number of benzene rings is 1. The maximum Gasteiger partial charge on any atom is 0.222 e. The van der Waals surface area contributed by atoms with E-state index in [-0.39, 0.29) is 5.91 Å². The third kappa shape index (κ3) is 3.65. The van der Waals surface area contributed by atoms with E-state index in [1.165, 1.54) is 16.8 Å². The Kier molecular flexibility index (Phi) is 5.02. The van der Waals surface area contributed by atoms with E-state index in [1.807, 2.05) is 9.58 Å². The van der Waals surface area contributed by atoms with Gasteiger partial charge in [-0.1, -0.05) is 29.5 Å². The average Bonchev–Trinajstić information content (AvgIpc) is 3.31. The molecule has 6 heteroatoms. The van der Waals surface area contributed by atoms with Gasteiger partial charge in [-0.3, -0.25) is 9.69 Å². The van der Waals surface area contributed by atoms with E-state index in [9.17, 15) is 4.79 Å². The number of aromatic nitrogens is 3. The topological polar surface area (TPSA) is 54.3 Å². The third-order valence-corrected chi connectivity index (χ3v) is 5.61. The van der Waals surface area contributed by atoms with E-state index in [4.69, 9.17) is 0 Å². The SMILES string of the molecule is Cc1ccccc1CN1CCn2nnc(CCC(=O)N3CCCC3)c2C1. The fourth-order valence-electron chi connectivity index (χ4n) is 3.96. The zero-order valence-corrected chi connectivity index (χ0v) is 15.5. The van der Waals surface area contributed by atoms with Crippen LogP contribution < -0.4 is 0 Å². The molecule has 4 rings (SSSR count). The number of carbonyl (C=O) groups excluding carboxylic acids is 1. The quantitative estimate of drug-likeness (QED) is 0.827. The molecule has 2 aliphatic rings. The Bertz CT molecular complexity index is 778. The number of nitrogens with zero attached hydrogens (tertiary/aromatic N) is 5. The Morgan fingerprint density at radius 3 is 2.73 bits per heavy atom. The summed E-state index contributed by atoms with van der Waals surface area (Å²) in [5, 5.41) is 8.68. The van der Waals surface area contributed by atoms with Gasteiger partial charge in [0.2, 0.25) is 5.91 Å². The smallest absolute Gasteiger partial charge is 0.222 e. The van der Waals surface area contributed by atoms with E-state index >= 15 is 0 Å². The van der Waals surface area contributed by atoms with Gasteiger partial charge in [-0.05, 0) is 30.9 Å². The molecule has 6 nitrogen and oxygen atoms in total. The number of fused-ring (bicyclic) bond motifs is 1. The van der Waals surface area contributed by atoms with Crippen LogP contribution in [0.15, 0.2) is 24.3 Å². The zero-order chi connectivity index (χ0) is 17.9. The van der Waals surface area contributed by atoms with Crippen molar-refractivity contribution in [3.63, 3.8) is 0 Å². The summed E-state index contributed by atoms with van der Waals surface area (Å²) in [4.78, 5) is 16.7. The molecule has 26 heavy (non-hydrogen) atoms. The first-order chi connectivity index (χ1) is 12.7. The van der Waals surface area contributed by atoms with Crippen molar-refractivity contribution < 1.29 is 4.79 Å². The van der Waals surface area contributed by atoms with Crippen molar-refractivity contribution in [3.05, 3.63) is 46.8 Å². The summed E-state index contributed by atoms with van der Waals surface area (Å²) < 4.78 is 2.02. The van der Waals surface area contributed by atoms with Crippen molar-refractivity contribution in [2.45, 2.75) is 52.2 Å². The van der Waals surface area contributed by atoms with Crippen LogP contribution in [0, 0.1) is 6.92 Å². The number of likely N-dealkylation sites (tertiary alicyclic amines) is 1. The molecule has 0 saturated carbocycles. The Labute approximate surface area is 154 Å². The van der Waals surface area contributed by atoms with Crippen LogP contribution in [0.25, 0.3) is 0 Å². The fourth-order valence-corrected chi connectivity index (χ4v) is 3.96. The molecule has 1 saturated heterocycles.